The van der Waals surface area contributed by atoms with E-state index in [1.165, 1.54) is 5.56 Å². The highest BCUT2D eigenvalue weighted by molar-refractivity contribution is 5.83. The van der Waals surface area contributed by atoms with E-state index in [4.69, 9.17) is 9.47 Å². The Labute approximate surface area is 130 Å². The molecule has 4 heteroatoms. The minimum absolute atomic E-state index is 0.428. The van der Waals surface area contributed by atoms with E-state index in [1.54, 1.807) is 12.3 Å². The number of benzene rings is 1. The number of fused-ring (bicyclic) bond motifs is 1. The number of pyridine rings is 1. The minimum Gasteiger partial charge on any atom is -0.488 e. The molecule has 0 amide bonds. The van der Waals surface area contributed by atoms with Gasteiger partial charge in [0.25, 0.3) is 0 Å². The highest BCUT2D eigenvalue weighted by Gasteiger charge is 2.07. The van der Waals surface area contributed by atoms with E-state index in [0.29, 0.717) is 13.2 Å². The van der Waals surface area contributed by atoms with Crippen molar-refractivity contribution < 1.29 is 9.47 Å². The molecule has 0 saturated heterocycles. The van der Waals surface area contributed by atoms with E-state index in [9.17, 15) is 0 Å². The molecule has 0 fully saturated rings. The summed E-state index contributed by atoms with van der Waals surface area (Å²) in [6, 6.07) is 9.92. The highest BCUT2D eigenvalue weighted by Crippen LogP contribution is 2.20. The number of hydrogen-bond donors (Lipinski definition) is 0. The monoisotopic (exact) mass is 294 g/mol. The van der Waals surface area contributed by atoms with Gasteiger partial charge >= 0.3 is 0 Å². The van der Waals surface area contributed by atoms with Crippen molar-refractivity contribution in [3.63, 3.8) is 0 Å². The van der Waals surface area contributed by atoms with Gasteiger partial charge in [-0.1, -0.05) is 18.7 Å². The van der Waals surface area contributed by atoms with Crippen LogP contribution in [0, 0.1) is 0 Å². The zero-order valence-electron chi connectivity index (χ0n) is 12.4. The highest BCUT2D eigenvalue weighted by atomic mass is 16.5. The number of rotatable bonds is 6. The van der Waals surface area contributed by atoms with Crippen molar-refractivity contribution in [2.45, 2.75) is 13.0 Å². The van der Waals surface area contributed by atoms with Crippen molar-refractivity contribution in [3.05, 3.63) is 66.0 Å². The summed E-state index contributed by atoms with van der Waals surface area (Å²) in [6.07, 6.45) is 6.31. The lowest BCUT2D eigenvalue weighted by Crippen LogP contribution is -2.04. The Bertz CT molecular complexity index is 678. The molecule has 2 heterocycles. The van der Waals surface area contributed by atoms with Crippen molar-refractivity contribution in [2.24, 2.45) is 4.99 Å². The lowest BCUT2D eigenvalue weighted by molar-refractivity contribution is 0.300. The van der Waals surface area contributed by atoms with E-state index in [0.717, 1.165) is 35.7 Å². The fraction of sp³-hybridized carbons (Fsp3) is 0.222. The number of nitrogens with zero attached hydrogens (tertiary/aromatic N) is 2. The van der Waals surface area contributed by atoms with Gasteiger partial charge in [0, 0.05) is 12.8 Å². The summed E-state index contributed by atoms with van der Waals surface area (Å²) in [6.45, 7) is 5.39. The average molecular weight is 294 g/mol. The Balaban J connectivity index is 1.60. The van der Waals surface area contributed by atoms with Crippen molar-refractivity contribution in [1.82, 2.24) is 4.98 Å². The van der Waals surface area contributed by atoms with Gasteiger partial charge in [0.1, 0.15) is 24.7 Å². The number of hydrogen-bond acceptors (Lipinski definition) is 4. The second-order valence-electron chi connectivity index (χ2n) is 5.02. The van der Waals surface area contributed by atoms with Crippen LogP contribution < -0.4 is 9.47 Å². The average Bonchev–Trinajstić information content (AvgIpc) is 2.59. The Hall–Kier alpha value is -2.62. The van der Waals surface area contributed by atoms with Crippen LogP contribution in [0.15, 0.2) is 54.2 Å². The molecule has 0 N–H and O–H groups in total. The molecule has 1 aromatic carbocycles. The molecule has 3 rings (SSSR count). The van der Waals surface area contributed by atoms with E-state index < -0.39 is 0 Å². The largest absolute Gasteiger partial charge is 0.488 e. The maximum Gasteiger partial charge on any atom is 0.138 e. The zero-order valence-corrected chi connectivity index (χ0v) is 12.4. The second-order valence-corrected chi connectivity index (χ2v) is 5.02. The van der Waals surface area contributed by atoms with E-state index in [-0.39, 0.29) is 0 Å². The summed E-state index contributed by atoms with van der Waals surface area (Å²) in [5.74, 6) is 1.56. The van der Waals surface area contributed by atoms with E-state index in [2.05, 4.69) is 22.6 Å². The first-order chi connectivity index (χ1) is 10.8. The number of aromatic nitrogens is 1. The van der Waals surface area contributed by atoms with Gasteiger partial charge < -0.3 is 9.47 Å². The first-order valence-electron chi connectivity index (χ1n) is 7.29. The van der Waals surface area contributed by atoms with Crippen LogP contribution in [0.3, 0.4) is 0 Å². The summed E-state index contributed by atoms with van der Waals surface area (Å²) in [7, 11) is 0. The van der Waals surface area contributed by atoms with Crippen molar-refractivity contribution >= 4 is 6.21 Å². The van der Waals surface area contributed by atoms with Crippen LogP contribution in [0.4, 0.5) is 0 Å². The van der Waals surface area contributed by atoms with Gasteiger partial charge in [-0.3, -0.25) is 9.98 Å². The normalized spacial score (nSPS) is 12.5. The molecule has 0 spiro atoms. The van der Waals surface area contributed by atoms with Crippen molar-refractivity contribution in [3.8, 4) is 11.5 Å². The summed E-state index contributed by atoms with van der Waals surface area (Å²) in [5.41, 5.74) is 3.33. The molecule has 2 aromatic rings. The SMILES string of the molecule is C=CCOc1ccc(COc2ccc3c(c2)C=NCC3)nc1. The predicted molar refractivity (Wildman–Crippen MR) is 86.9 cm³/mol. The Morgan fingerprint density at radius 3 is 2.86 bits per heavy atom. The maximum absolute atomic E-state index is 5.80. The number of aliphatic imine (C=N–C) groups is 1. The third-order valence-corrected chi connectivity index (χ3v) is 3.41. The Morgan fingerprint density at radius 1 is 1.14 bits per heavy atom. The third-order valence-electron chi connectivity index (χ3n) is 3.41. The molecule has 22 heavy (non-hydrogen) atoms. The topological polar surface area (TPSA) is 43.7 Å². The molecule has 0 bridgehead atoms. The second kappa shape index (κ2) is 6.89. The molecule has 1 aliphatic rings. The van der Waals surface area contributed by atoms with Crippen LogP contribution >= 0.6 is 0 Å². The van der Waals surface area contributed by atoms with Crippen molar-refractivity contribution in [1.29, 1.82) is 0 Å². The first-order valence-corrected chi connectivity index (χ1v) is 7.29. The van der Waals surface area contributed by atoms with Gasteiger partial charge in [0.2, 0.25) is 0 Å². The molecule has 0 radical (unpaired) electrons. The summed E-state index contributed by atoms with van der Waals surface area (Å²) in [5, 5.41) is 0. The van der Waals surface area contributed by atoms with Crippen LogP contribution in [0.2, 0.25) is 0 Å². The van der Waals surface area contributed by atoms with Gasteiger partial charge in [-0.15, -0.1) is 0 Å². The maximum atomic E-state index is 5.80. The zero-order chi connectivity index (χ0) is 15.2. The van der Waals surface area contributed by atoms with Gasteiger partial charge in [0.15, 0.2) is 0 Å². The van der Waals surface area contributed by atoms with Crippen LogP contribution in [0.25, 0.3) is 0 Å². The molecule has 0 saturated carbocycles. The molecular formula is C18H18N2O2. The standard InChI is InChI=1S/C18H18N2O2/c1-2-9-21-18-6-4-16(20-12-18)13-22-17-5-3-14-7-8-19-11-15(14)10-17/h2-6,10-12H,1,7-9,13H2. The summed E-state index contributed by atoms with van der Waals surface area (Å²) >= 11 is 0. The fourth-order valence-corrected chi connectivity index (χ4v) is 2.25. The van der Waals surface area contributed by atoms with Gasteiger partial charge in [-0.05, 0) is 41.8 Å². The molecule has 1 aromatic heterocycles. The molecular weight excluding hydrogens is 276 g/mol. The molecule has 4 nitrogen and oxygen atoms in total. The quantitative estimate of drug-likeness (QED) is 0.768. The minimum atomic E-state index is 0.428. The van der Waals surface area contributed by atoms with Crippen LogP contribution in [0.5, 0.6) is 11.5 Å². The van der Waals surface area contributed by atoms with Crippen LogP contribution in [-0.4, -0.2) is 24.4 Å². The van der Waals surface area contributed by atoms with Gasteiger partial charge in [-0.25, -0.2) is 0 Å². The van der Waals surface area contributed by atoms with Gasteiger partial charge in [0.05, 0.1) is 11.9 Å². The van der Waals surface area contributed by atoms with E-state index >= 15 is 0 Å². The lowest BCUT2D eigenvalue weighted by Gasteiger charge is -2.12. The molecule has 1 aliphatic heterocycles. The first kappa shape index (κ1) is 14.3. The molecule has 0 aliphatic carbocycles. The smallest absolute Gasteiger partial charge is 0.138 e. The number of ether oxygens (including phenoxy) is 2. The predicted octanol–water partition coefficient (Wildman–Crippen LogP) is 3.20. The summed E-state index contributed by atoms with van der Waals surface area (Å²) in [4.78, 5) is 8.62. The molecule has 0 atom stereocenters. The molecule has 0 unspecified atom stereocenters. The third kappa shape index (κ3) is 3.52. The van der Waals surface area contributed by atoms with E-state index in [1.807, 2.05) is 30.5 Å². The molecule has 112 valence electrons. The van der Waals surface area contributed by atoms with Gasteiger partial charge in [-0.2, -0.15) is 0 Å². The lowest BCUT2D eigenvalue weighted by atomic mass is 10.0. The Kier molecular flexibility index (Phi) is 4.49. The van der Waals surface area contributed by atoms with Crippen LogP contribution in [0.1, 0.15) is 16.8 Å². The summed E-state index contributed by atoms with van der Waals surface area (Å²) < 4.78 is 11.2. The van der Waals surface area contributed by atoms with Crippen LogP contribution in [-0.2, 0) is 13.0 Å². The van der Waals surface area contributed by atoms with Crippen molar-refractivity contribution in [2.75, 3.05) is 13.2 Å². The Morgan fingerprint density at radius 2 is 2.05 bits per heavy atom. The fourth-order valence-electron chi connectivity index (χ4n) is 2.25.